The highest BCUT2D eigenvalue weighted by Crippen LogP contribution is 2.50. The largest absolute Gasteiger partial charge is 0.444 e. The number of unbranched alkanes of at least 4 members (excludes halogenated alkanes) is 1. The summed E-state index contributed by atoms with van der Waals surface area (Å²) >= 11 is 1.83. The van der Waals surface area contributed by atoms with E-state index in [9.17, 15) is 34.5 Å². The zero-order valence-corrected chi connectivity index (χ0v) is 61.3. The molecule has 6 aromatic carbocycles. The molecule has 1 aliphatic carbocycles. The maximum absolute atomic E-state index is 15.6. The second-order valence-corrected chi connectivity index (χ2v) is 31.3. The maximum Gasteiger partial charge on any atom is 0.407 e. The summed E-state index contributed by atoms with van der Waals surface area (Å²) in [5.74, 6) is -6.63. The van der Waals surface area contributed by atoms with Crippen LogP contribution in [0.25, 0.3) is 5.57 Å². The molecule has 11 atom stereocenters. The van der Waals surface area contributed by atoms with E-state index in [0.29, 0.717) is 31.4 Å². The third-order valence-corrected chi connectivity index (χ3v) is 22.0. The molecule has 11 N–H and O–H groups in total. The molecule has 0 spiro atoms. The van der Waals surface area contributed by atoms with Crippen molar-refractivity contribution in [1.29, 1.82) is 0 Å². The monoisotopic (exact) mass is 1450 g/mol. The number of ketones is 1. The highest BCUT2D eigenvalue weighted by Gasteiger charge is 2.40. The average Bonchev–Trinajstić information content (AvgIpc) is 0.891. The Labute approximate surface area is 611 Å². The van der Waals surface area contributed by atoms with Crippen molar-refractivity contribution in [3.63, 3.8) is 0 Å². The smallest absolute Gasteiger partial charge is 0.407 e. The predicted octanol–water partition coefficient (Wildman–Crippen LogP) is 8.29. The molecule has 8 rings (SSSR count). The second kappa shape index (κ2) is 39.4. The summed E-state index contributed by atoms with van der Waals surface area (Å²) in [7, 11) is 2.17. The van der Waals surface area contributed by atoms with Crippen LogP contribution in [0.2, 0.25) is 0 Å². The predicted molar refractivity (Wildman–Crippen MR) is 404 cm³/mol. The number of alkyl carbamates (subject to hydrolysis) is 1. The molecule has 0 radical (unpaired) electrons. The van der Waals surface area contributed by atoms with Gasteiger partial charge in [-0.05, 0) is 131 Å². The number of carbonyl (C=O) groups excluding carboxylic acids is 8. The fourth-order valence-corrected chi connectivity index (χ4v) is 16.4. The molecule has 0 aromatic heterocycles. The van der Waals surface area contributed by atoms with Gasteiger partial charge in [-0.1, -0.05) is 211 Å². The Kier molecular flexibility index (Phi) is 30.7. The van der Waals surface area contributed by atoms with Crippen LogP contribution in [0.5, 0.6) is 0 Å². The number of aliphatic hydroxyl groups is 3. The topological polar surface area (TPSA) is 303 Å². The first-order valence-corrected chi connectivity index (χ1v) is 38.3. The molecule has 23 heteroatoms. The molecule has 0 saturated carbocycles. The molecular weight excluding hydrogens is 1350 g/mol. The molecule has 102 heavy (non-hydrogen) atoms. The van der Waals surface area contributed by atoms with E-state index in [1.54, 1.807) is 20.8 Å². The molecule has 1 aliphatic heterocycles. The van der Waals surface area contributed by atoms with Crippen molar-refractivity contribution in [1.82, 2.24) is 42.5 Å². The van der Waals surface area contributed by atoms with E-state index in [2.05, 4.69) is 122 Å². The Balaban J connectivity index is 1.13. The van der Waals surface area contributed by atoms with Gasteiger partial charge in [0.2, 0.25) is 35.4 Å². The highest BCUT2D eigenvalue weighted by molar-refractivity contribution is 8.76. The van der Waals surface area contributed by atoms with Gasteiger partial charge in [0.25, 0.3) is 0 Å². The number of aliphatic hydroxyl groups excluding tert-OH is 3. The zero-order valence-electron chi connectivity index (χ0n) is 58.8. The number of Topliss-reactive ketones (excluding diaryl/α,β-unsaturated/α-hetero) is 1. The number of thioether (sulfide) groups is 1. The van der Waals surface area contributed by atoms with Gasteiger partial charge < -0.3 is 62.6 Å². The molecule has 544 valence electrons. The van der Waals surface area contributed by atoms with Crippen LogP contribution >= 0.6 is 33.3 Å². The van der Waals surface area contributed by atoms with E-state index in [0.717, 1.165) is 60.5 Å². The van der Waals surface area contributed by atoms with Crippen LogP contribution < -0.4 is 42.5 Å². The van der Waals surface area contributed by atoms with Gasteiger partial charge in [-0.2, -0.15) is 0 Å². The number of fused-ring (bicyclic) bond motifs is 1. The number of rotatable bonds is 27. The number of hydrogen-bond donors (Lipinski definition) is 11. The minimum absolute atomic E-state index is 0.00910. The van der Waals surface area contributed by atoms with E-state index in [4.69, 9.17) is 4.74 Å². The first kappa shape index (κ1) is 79.4. The van der Waals surface area contributed by atoms with E-state index in [-0.39, 0.29) is 55.4 Å². The third kappa shape index (κ3) is 23.6. The number of amides is 7. The standard InChI is InChI=1S/C79H98N8O12S3/c1-51(102-79(59-31-16-9-17-32-59,60-33-18-10-19-34-60)61-35-20-11-21-36-61)41-43-80-64(45-55-28-14-8-15-29-55)73(94)85-67-49-100-101-50-68(75(96)84-66(48-88)52(2)89)86-76(97)70(53(3)90)87-72(93)63(38-24-25-42-81-77(98)99-78(4,5)6)82-74(95)65(46-57-40-39-56-30-22-23-37-62(56)57)83-71(92)58(47-69(67)91)44-54-26-12-7-13-27-54/h7-23,26-37,40,51-53,58,63-68,70,80,88-90H,24-25,38-39,41-50H2,1-6H3,(H,81,98)(H,82,95)(H,83,92)(H,84,96)(H,85,94)(H,86,97)(H,87,93)/t51?,52-,53-,58-,63+,64-,65-,66-,67+,68+,70+/m1/s1. The Hall–Kier alpha value is -8.29. The molecule has 1 heterocycles. The minimum Gasteiger partial charge on any atom is -0.444 e. The Morgan fingerprint density at radius 1 is 0.637 bits per heavy atom. The summed E-state index contributed by atoms with van der Waals surface area (Å²) in [5, 5.41) is 55.1. The van der Waals surface area contributed by atoms with Crippen LogP contribution in [-0.2, 0) is 62.3 Å². The summed E-state index contributed by atoms with van der Waals surface area (Å²) in [4.78, 5) is 118. The number of ether oxygens (including phenoxy) is 1. The fraction of sp³-hybridized carbons (Fsp3) is 0.418. The SMILES string of the molecule is CC(CCN[C@H](Cc1ccccc1)C(=O)N[C@H]1CSSC[C@@H](C(=O)N[C@H](CO)[C@@H](C)O)NC(=O)[C@H]([C@@H](C)O)NC(=O)[C@H](CCCCNC(=O)OC(C)(C)C)NC(=O)[C@@H](CC2=CCc3ccccc32)NC(=O)[C@H](Cc2ccccc2)CC1=O)SC(c1ccccc1)(c1ccccc1)c1ccccc1. The van der Waals surface area contributed by atoms with Crippen molar-refractivity contribution in [2.45, 2.75) is 169 Å². The molecule has 20 nitrogen and oxygen atoms in total. The van der Waals surface area contributed by atoms with Crippen LogP contribution in [0.3, 0.4) is 0 Å². The van der Waals surface area contributed by atoms with Gasteiger partial charge >= 0.3 is 6.09 Å². The van der Waals surface area contributed by atoms with Crippen molar-refractivity contribution >= 4 is 86.2 Å². The van der Waals surface area contributed by atoms with Crippen LogP contribution in [0.1, 0.15) is 119 Å². The lowest BCUT2D eigenvalue weighted by Gasteiger charge is -2.37. The number of nitrogens with one attached hydrogen (secondary N) is 8. The van der Waals surface area contributed by atoms with Crippen LogP contribution in [0.15, 0.2) is 182 Å². The van der Waals surface area contributed by atoms with Crippen LogP contribution in [0, 0.1) is 5.92 Å². The highest BCUT2D eigenvalue weighted by atomic mass is 33.1. The number of hydrogen-bond acceptors (Lipinski definition) is 16. The molecule has 2 aliphatic rings. The third-order valence-electron chi connectivity index (χ3n) is 17.9. The van der Waals surface area contributed by atoms with E-state index in [1.165, 1.54) is 13.8 Å². The van der Waals surface area contributed by atoms with Gasteiger partial charge in [-0.15, -0.1) is 11.8 Å². The summed E-state index contributed by atoms with van der Waals surface area (Å²) in [5.41, 5.74) is 6.75. The van der Waals surface area contributed by atoms with Crippen LogP contribution in [-0.4, -0.2) is 159 Å². The molecule has 1 saturated heterocycles. The maximum atomic E-state index is 15.6. The lowest BCUT2D eigenvalue weighted by molar-refractivity contribution is -0.136. The lowest BCUT2D eigenvalue weighted by Crippen LogP contribution is -2.61. The average molecular weight is 1450 g/mol. The summed E-state index contributed by atoms with van der Waals surface area (Å²) in [6.07, 6.45) is -0.0573. The van der Waals surface area contributed by atoms with Gasteiger partial charge in [0.15, 0.2) is 5.78 Å². The summed E-state index contributed by atoms with van der Waals surface area (Å²) in [6, 6.07) is 48.3. The first-order valence-electron chi connectivity index (χ1n) is 35.0. The van der Waals surface area contributed by atoms with Crippen molar-refractivity contribution in [2.75, 3.05) is 31.2 Å². The first-order chi connectivity index (χ1) is 49.0. The Bertz CT molecular complexity index is 3640. The summed E-state index contributed by atoms with van der Waals surface area (Å²) in [6.45, 7) is 9.84. The molecule has 6 aromatic rings. The summed E-state index contributed by atoms with van der Waals surface area (Å²) < 4.78 is 4.79. The number of benzene rings is 6. The van der Waals surface area contributed by atoms with Gasteiger partial charge in [0.05, 0.1) is 41.7 Å². The van der Waals surface area contributed by atoms with Crippen LogP contribution in [0.4, 0.5) is 4.79 Å². The van der Waals surface area contributed by atoms with Gasteiger partial charge in [-0.25, -0.2) is 4.79 Å². The van der Waals surface area contributed by atoms with E-state index in [1.807, 2.05) is 121 Å². The van der Waals surface area contributed by atoms with Crippen molar-refractivity contribution in [3.8, 4) is 0 Å². The number of carbonyl (C=O) groups is 8. The van der Waals surface area contributed by atoms with Crippen molar-refractivity contribution < 1.29 is 58.4 Å². The normalized spacial score (nSPS) is 20.4. The molecule has 1 unspecified atom stereocenters. The number of allylic oxidation sites excluding steroid dienone is 1. The van der Waals surface area contributed by atoms with E-state index >= 15 is 19.2 Å². The molecule has 7 amide bonds. The van der Waals surface area contributed by atoms with E-state index < -0.39 is 131 Å². The van der Waals surface area contributed by atoms with Gasteiger partial charge in [-0.3, -0.25) is 33.6 Å². The lowest BCUT2D eigenvalue weighted by atomic mass is 9.84. The Morgan fingerprint density at radius 3 is 1.78 bits per heavy atom. The van der Waals surface area contributed by atoms with Gasteiger partial charge in [0.1, 0.15) is 29.8 Å². The fourth-order valence-electron chi connectivity index (χ4n) is 12.4. The second-order valence-electron chi connectivity index (χ2n) is 27.0. The molecule has 1 fully saturated rings. The van der Waals surface area contributed by atoms with Crippen molar-refractivity contribution in [3.05, 3.63) is 221 Å². The van der Waals surface area contributed by atoms with Crippen molar-refractivity contribution in [2.24, 2.45) is 5.92 Å². The molecular formula is C79H98N8O12S3. The van der Waals surface area contributed by atoms with Gasteiger partial charge in [0, 0.05) is 42.1 Å². The molecule has 0 bridgehead atoms. The zero-order chi connectivity index (χ0) is 73.2. The minimum atomic E-state index is -1.73. The Morgan fingerprint density at radius 2 is 1.20 bits per heavy atom. The quantitative estimate of drug-likeness (QED) is 0.0131.